The second-order valence-electron chi connectivity index (χ2n) is 3.00. The van der Waals surface area contributed by atoms with Gasteiger partial charge in [-0.3, -0.25) is 0 Å². The van der Waals surface area contributed by atoms with Crippen LogP contribution in [0.25, 0.3) is 0 Å². The molecule has 0 saturated carbocycles. The van der Waals surface area contributed by atoms with Crippen molar-refractivity contribution in [2.24, 2.45) is 5.92 Å². The van der Waals surface area contributed by atoms with E-state index in [0.29, 0.717) is 11.8 Å². The van der Waals surface area contributed by atoms with Gasteiger partial charge in [0.05, 0.1) is 5.75 Å². The molecular formula is C7H15ClO2S. The van der Waals surface area contributed by atoms with Crippen molar-refractivity contribution < 1.29 is 8.42 Å². The maximum absolute atomic E-state index is 10.7. The lowest BCUT2D eigenvalue weighted by Crippen LogP contribution is -2.07. The molecule has 0 saturated heterocycles. The first kappa shape index (κ1) is 11.2. The number of rotatable bonds is 5. The molecule has 4 heteroatoms. The molecule has 1 atom stereocenters. The van der Waals surface area contributed by atoms with Gasteiger partial charge in [-0.25, -0.2) is 8.42 Å². The van der Waals surface area contributed by atoms with Crippen LogP contribution in [0, 0.1) is 5.92 Å². The highest BCUT2D eigenvalue weighted by Crippen LogP contribution is 2.09. The van der Waals surface area contributed by atoms with Gasteiger partial charge < -0.3 is 0 Å². The van der Waals surface area contributed by atoms with Crippen LogP contribution in [0.4, 0.5) is 0 Å². The van der Waals surface area contributed by atoms with Crippen molar-refractivity contribution >= 4 is 21.4 Å². The summed E-state index contributed by atoms with van der Waals surface area (Å²) in [7, 11) is -2.78. The molecule has 68 valence electrons. The summed E-state index contributed by atoms with van der Waals surface area (Å²) < 4.78 is 21.4. The van der Waals surface area contributed by atoms with E-state index in [2.05, 4.69) is 0 Å². The first-order valence-electron chi connectivity index (χ1n) is 3.69. The Hall–Kier alpha value is 0.240. The van der Waals surface area contributed by atoms with E-state index in [9.17, 15) is 8.42 Å². The molecule has 0 aromatic carbocycles. The molecule has 0 aromatic heterocycles. The van der Waals surface area contributed by atoms with E-state index < -0.39 is 9.84 Å². The van der Waals surface area contributed by atoms with Crippen LogP contribution in [-0.2, 0) is 9.84 Å². The molecule has 0 amide bonds. The summed E-state index contributed by atoms with van der Waals surface area (Å²) in [6, 6.07) is 0. The third kappa shape index (κ3) is 8.14. The van der Waals surface area contributed by atoms with Gasteiger partial charge in [-0.05, 0) is 18.8 Å². The zero-order valence-electron chi connectivity index (χ0n) is 7.01. The lowest BCUT2D eigenvalue weighted by molar-refractivity contribution is 0.536. The molecular weight excluding hydrogens is 184 g/mol. The molecule has 1 unspecified atom stereocenters. The van der Waals surface area contributed by atoms with Gasteiger partial charge in [0.25, 0.3) is 0 Å². The molecule has 0 spiro atoms. The van der Waals surface area contributed by atoms with Crippen molar-refractivity contribution in [2.45, 2.75) is 19.8 Å². The predicted molar refractivity (Wildman–Crippen MR) is 48.8 cm³/mol. The van der Waals surface area contributed by atoms with E-state index in [0.717, 1.165) is 12.8 Å². The summed E-state index contributed by atoms with van der Waals surface area (Å²) in [6.45, 7) is 2.02. The van der Waals surface area contributed by atoms with Crippen molar-refractivity contribution in [3.63, 3.8) is 0 Å². The van der Waals surface area contributed by atoms with E-state index in [1.807, 2.05) is 6.92 Å². The van der Waals surface area contributed by atoms with Gasteiger partial charge in [0, 0.05) is 12.1 Å². The Morgan fingerprint density at radius 3 is 2.27 bits per heavy atom. The Morgan fingerprint density at radius 2 is 1.91 bits per heavy atom. The quantitative estimate of drug-likeness (QED) is 0.630. The van der Waals surface area contributed by atoms with Crippen LogP contribution in [0.5, 0.6) is 0 Å². The van der Waals surface area contributed by atoms with Crippen molar-refractivity contribution in [2.75, 3.05) is 17.9 Å². The van der Waals surface area contributed by atoms with Crippen molar-refractivity contribution in [1.82, 2.24) is 0 Å². The molecule has 0 bridgehead atoms. The third-order valence-electron chi connectivity index (χ3n) is 1.58. The third-order valence-corrected chi connectivity index (χ3v) is 2.78. The van der Waals surface area contributed by atoms with E-state index in [4.69, 9.17) is 11.6 Å². The van der Waals surface area contributed by atoms with E-state index in [1.54, 1.807) is 0 Å². The Bertz CT molecular complexity index is 187. The van der Waals surface area contributed by atoms with Crippen LogP contribution >= 0.6 is 11.6 Å². The highest BCUT2D eigenvalue weighted by molar-refractivity contribution is 7.90. The fraction of sp³-hybridized carbons (Fsp3) is 1.00. The Labute approximate surface area is 73.9 Å². The summed E-state index contributed by atoms with van der Waals surface area (Å²) in [4.78, 5) is 0. The molecule has 2 nitrogen and oxygen atoms in total. The van der Waals surface area contributed by atoms with Crippen molar-refractivity contribution in [3.05, 3.63) is 0 Å². The second kappa shape index (κ2) is 4.99. The van der Waals surface area contributed by atoms with Gasteiger partial charge in [-0.2, -0.15) is 0 Å². The van der Waals surface area contributed by atoms with Gasteiger partial charge in [-0.15, -0.1) is 11.6 Å². The molecule has 0 radical (unpaired) electrons. The molecule has 0 heterocycles. The summed E-state index contributed by atoms with van der Waals surface area (Å²) in [5.74, 6) is 1.32. The Kier molecular flexibility index (Phi) is 5.10. The van der Waals surface area contributed by atoms with E-state index in [1.165, 1.54) is 6.26 Å². The van der Waals surface area contributed by atoms with Gasteiger partial charge in [0.1, 0.15) is 9.84 Å². The number of halogens is 1. The first-order chi connectivity index (χ1) is 4.95. The van der Waals surface area contributed by atoms with Gasteiger partial charge in [0.2, 0.25) is 0 Å². The number of alkyl halides is 1. The fourth-order valence-electron chi connectivity index (χ4n) is 0.746. The normalized spacial score (nSPS) is 14.8. The average Bonchev–Trinajstić information content (AvgIpc) is 1.83. The van der Waals surface area contributed by atoms with Gasteiger partial charge in [-0.1, -0.05) is 6.92 Å². The SMILES string of the molecule is CC(CCCl)CCS(C)(=O)=O. The fourth-order valence-corrected chi connectivity index (χ4v) is 1.95. The van der Waals surface area contributed by atoms with Crippen molar-refractivity contribution in [3.8, 4) is 0 Å². The van der Waals surface area contributed by atoms with Crippen LogP contribution in [0.1, 0.15) is 19.8 Å². The van der Waals surface area contributed by atoms with Crippen LogP contribution in [0.15, 0.2) is 0 Å². The Balaban J connectivity index is 3.54. The predicted octanol–water partition coefficient (Wildman–Crippen LogP) is 1.69. The minimum atomic E-state index is -2.78. The van der Waals surface area contributed by atoms with Crippen LogP contribution in [0.2, 0.25) is 0 Å². The maximum atomic E-state index is 10.7. The molecule has 0 N–H and O–H groups in total. The van der Waals surface area contributed by atoms with Gasteiger partial charge >= 0.3 is 0 Å². The average molecular weight is 199 g/mol. The topological polar surface area (TPSA) is 34.1 Å². The summed E-state index contributed by atoms with van der Waals surface area (Å²) in [6.07, 6.45) is 2.89. The van der Waals surface area contributed by atoms with Gasteiger partial charge in [0.15, 0.2) is 0 Å². The summed E-state index contributed by atoms with van der Waals surface area (Å²) in [5, 5.41) is 0. The highest BCUT2D eigenvalue weighted by atomic mass is 35.5. The van der Waals surface area contributed by atoms with E-state index >= 15 is 0 Å². The minimum absolute atomic E-state index is 0.283. The minimum Gasteiger partial charge on any atom is -0.229 e. The molecule has 0 aliphatic heterocycles. The van der Waals surface area contributed by atoms with E-state index in [-0.39, 0.29) is 5.75 Å². The standard InChI is InChI=1S/C7H15ClO2S/c1-7(3-5-8)4-6-11(2,9)10/h7H,3-6H2,1-2H3. The highest BCUT2D eigenvalue weighted by Gasteiger charge is 2.06. The molecule has 0 aliphatic carbocycles. The molecule has 0 aliphatic rings. The van der Waals surface area contributed by atoms with Crippen LogP contribution < -0.4 is 0 Å². The van der Waals surface area contributed by atoms with Crippen LogP contribution in [-0.4, -0.2) is 26.3 Å². The second-order valence-corrected chi connectivity index (χ2v) is 5.64. The van der Waals surface area contributed by atoms with Crippen LogP contribution in [0.3, 0.4) is 0 Å². The molecule has 0 aromatic rings. The number of hydrogen-bond donors (Lipinski definition) is 0. The lowest BCUT2D eigenvalue weighted by Gasteiger charge is -2.06. The number of hydrogen-bond acceptors (Lipinski definition) is 2. The zero-order chi connectivity index (χ0) is 8.91. The molecule has 11 heavy (non-hydrogen) atoms. The number of sulfone groups is 1. The molecule has 0 fully saturated rings. The first-order valence-corrected chi connectivity index (χ1v) is 6.29. The molecule has 0 rings (SSSR count). The zero-order valence-corrected chi connectivity index (χ0v) is 8.58. The largest absolute Gasteiger partial charge is 0.229 e. The summed E-state index contributed by atoms with van der Waals surface area (Å²) in [5.41, 5.74) is 0. The lowest BCUT2D eigenvalue weighted by atomic mass is 10.1. The monoisotopic (exact) mass is 198 g/mol. The summed E-state index contributed by atoms with van der Waals surface area (Å²) >= 11 is 5.50. The Morgan fingerprint density at radius 1 is 1.36 bits per heavy atom. The van der Waals surface area contributed by atoms with Crippen molar-refractivity contribution in [1.29, 1.82) is 0 Å². The smallest absolute Gasteiger partial charge is 0.147 e. The maximum Gasteiger partial charge on any atom is 0.147 e.